The summed E-state index contributed by atoms with van der Waals surface area (Å²) in [6.07, 6.45) is 0. The lowest BCUT2D eigenvalue weighted by Crippen LogP contribution is -1.88. The predicted octanol–water partition coefficient (Wildman–Crippen LogP) is 4.79. The van der Waals surface area contributed by atoms with E-state index in [-0.39, 0.29) is 11.1 Å². The second kappa shape index (κ2) is 5.76. The van der Waals surface area contributed by atoms with Crippen LogP contribution in [-0.2, 0) is 0 Å². The van der Waals surface area contributed by atoms with Gasteiger partial charge in [0.1, 0.15) is 5.82 Å². The van der Waals surface area contributed by atoms with Crippen LogP contribution in [0.4, 0.5) is 4.39 Å². The van der Waals surface area contributed by atoms with Crippen molar-refractivity contribution in [2.24, 2.45) is 0 Å². The number of nitrogens with zero attached hydrogens (tertiary/aromatic N) is 2. The maximum Gasteiger partial charge on any atom is 0.257 e. The molecule has 0 fully saturated rings. The van der Waals surface area contributed by atoms with Gasteiger partial charge in [0, 0.05) is 4.90 Å². The van der Waals surface area contributed by atoms with Crippen LogP contribution in [0.5, 0.6) is 0 Å². The Morgan fingerprint density at radius 1 is 1.20 bits per heavy atom. The fraction of sp³-hybridized carbons (Fsp3) is 0.143. The molecule has 1 atom stereocenters. The summed E-state index contributed by atoms with van der Waals surface area (Å²) in [6.45, 7) is 1.99. The molecule has 1 unspecified atom stereocenters. The summed E-state index contributed by atoms with van der Waals surface area (Å²) in [4.78, 5) is 1.93. The highest BCUT2D eigenvalue weighted by Crippen LogP contribution is 2.35. The van der Waals surface area contributed by atoms with Gasteiger partial charge in [-0.2, -0.15) is 0 Å². The third-order valence-corrected chi connectivity index (χ3v) is 4.60. The lowest BCUT2D eigenvalue weighted by atomic mass is 10.3. The minimum absolute atomic E-state index is 0.0154. The van der Waals surface area contributed by atoms with Gasteiger partial charge in [-0.05, 0) is 42.6 Å². The van der Waals surface area contributed by atoms with Crippen molar-refractivity contribution in [1.82, 2.24) is 10.2 Å². The molecule has 6 heteroatoms. The third kappa shape index (κ3) is 2.91. The molecule has 0 N–H and O–H groups in total. The van der Waals surface area contributed by atoms with E-state index in [1.807, 2.05) is 24.4 Å². The van der Waals surface area contributed by atoms with E-state index in [4.69, 9.17) is 4.42 Å². The Morgan fingerprint density at radius 3 is 2.70 bits per heavy atom. The van der Waals surface area contributed by atoms with E-state index in [9.17, 15) is 4.39 Å². The summed E-state index contributed by atoms with van der Waals surface area (Å²) in [6, 6.07) is 10.3. The van der Waals surface area contributed by atoms with Crippen molar-refractivity contribution in [2.45, 2.75) is 17.1 Å². The lowest BCUT2D eigenvalue weighted by molar-refractivity contribution is 0.510. The first-order chi connectivity index (χ1) is 9.72. The van der Waals surface area contributed by atoms with E-state index < -0.39 is 0 Å². The predicted molar refractivity (Wildman–Crippen MR) is 78.3 cm³/mol. The fourth-order valence-electron chi connectivity index (χ4n) is 1.67. The highest BCUT2D eigenvalue weighted by Gasteiger charge is 2.16. The van der Waals surface area contributed by atoms with Gasteiger partial charge in [0.15, 0.2) is 0 Å². The number of hydrogen-bond acceptors (Lipinski definition) is 5. The average Bonchev–Trinajstić information content (AvgIpc) is 3.11. The van der Waals surface area contributed by atoms with E-state index in [2.05, 4.69) is 10.2 Å². The molecule has 3 aromatic rings. The summed E-state index contributed by atoms with van der Waals surface area (Å²) in [5, 5.41) is 10.1. The molecule has 0 aliphatic heterocycles. The number of thiophene rings is 1. The lowest BCUT2D eigenvalue weighted by Gasteiger charge is -2.06. The van der Waals surface area contributed by atoms with Gasteiger partial charge < -0.3 is 4.42 Å². The van der Waals surface area contributed by atoms with Crippen LogP contribution in [0.2, 0.25) is 0 Å². The summed E-state index contributed by atoms with van der Waals surface area (Å²) in [5.74, 6) is 0.879. The van der Waals surface area contributed by atoms with E-state index in [1.54, 1.807) is 35.2 Å². The SMILES string of the molecule is CC(Sc1ccc(F)cc1)c1nnc(-c2cccs2)o1. The maximum atomic E-state index is 12.9. The molecule has 2 heterocycles. The Balaban J connectivity index is 1.74. The number of rotatable bonds is 4. The monoisotopic (exact) mass is 306 g/mol. The summed E-state index contributed by atoms with van der Waals surface area (Å²) >= 11 is 3.12. The van der Waals surface area contributed by atoms with Gasteiger partial charge in [-0.3, -0.25) is 0 Å². The molecule has 0 saturated carbocycles. The van der Waals surface area contributed by atoms with Gasteiger partial charge in [-0.25, -0.2) is 4.39 Å². The van der Waals surface area contributed by atoms with Crippen LogP contribution in [0.15, 0.2) is 51.1 Å². The molecule has 0 radical (unpaired) electrons. The van der Waals surface area contributed by atoms with Crippen LogP contribution in [0.3, 0.4) is 0 Å². The first-order valence-electron chi connectivity index (χ1n) is 6.02. The first-order valence-corrected chi connectivity index (χ1v) is 7.78. The highest BCUT2D eigenvalue weighted by molar-refractivity contribution is 7.99. The number of hydrogen-bond donors (Lipinski definition) is 0. The minimum atomic E-state index is -0.236. The average molecular weight is 306 g/mol. The molecule has 0 aliphatic carbocycles. The van der Waals surface area contributed by atoms with Crippen LogP contribution in [0.1, 0.15) is 18.1 Å². The molecule has 2 aromatic heterocycles. The van der Waals surface area contributed by atoms with E-state index in [0.717, 1.165) is 9.77 Å². The first kappa shape index (κ1) is 13.3. The molecule has 0 bridgehead atoms. The molecule has 0 aliphatic rings. The van der Waals surface area contributed by atoms with Crippen molar-refractivity contribution in [3.8, 4) is 10.8 Å². The molecular weight excluding hydrogens is 295 g/mol. The Labute approximate surface area is 123 Å². The number of thioether (sulfide) groups is 1. The van der Waals surface area contributed by atoms with Crippen LogP contribution in [0, 0.1) is 5.82 Å². The number of halogens is 1. The Kier molecular flexibility index (Phi) is 3.84. The van der Waals surface area contributed by atoms with Crippen molar-refractivity contribution >= 4 is 23.1 Å². The normalized spacial score (nSPS) is 12.5. The van der Waals surface area contributed by atoms with Crippen molar-refractivity contribution < 1.29 is 8.81 Å². The molecule has 0 saturated heterocycles. The van der Waals surface area contributed by atoms with Crippen molar-refractivity contribution in [3.05, 3.63) is 53.5 Å². The zero-order valence-corrected chi connectivity index (χ0v) is 12.2. The van der Waals surface area contributed by atoms with Gasteiger partial charge in [0.25, 0.3) is 5.89 Å². The zero-order valence-electron chi connectivity index (χ0n) is 10.6. The van der Waals surface area contributed by atoms with E-state index in [1.165, 1.54) is 12.1 Å². The van der Waals surface area contributed by atoms with Crippen LogP contribution in [0.25, 0.3) is 10.8 Å². The number of aromatic nitrogens is 2. The molecule has 0 spiro atoms. The standard InChI is InChI=1S/C14H11FN2OS2/c1-9(20-11-6-4-10(15)5-7-11)13-16-17-14(18-13)12-3-2-8-19-12/h2-9H,1H3. The fourth-order valence-corrected chi connectivity index (χ4v) is 3.21. The van der Waals surface area contributed by atoms with Crippen molar-refractivity contribution in [2.75, 3.05) is 0 Å². The van der Waals surface area contributed by atoms with Gasteiger partial charge >= 0.3 is 0 Å². The van der Waals surface area contributed by atoms with Gasteiger partial charge in [0.2, 0.25) is 5.89 Å². The van der Waals surface area contributed by atoms with Gasteiger partial charge in [0.05, 0.1) is 10.1 Å². The number of benzene rings is 1. The third-order valence-electron chi connectivity index (χ3n) is 2.65. The largest absolute Gasteiger partial charge is 0.419 e. The Morgan fingerprint density at radius 2 is 2.00 bits per heavy atom. The van der Waals surface area contributed by atoms with Gasteiger partial charge in [-0.15, -0.1) is 33.3 Å². The highest BCUT2D eigenvalue weighted by atomic mass is 32.2. The second-order valence-electron chi connectivity index (χ2n) is 4.14. The molecule has 1 aromatic carbocycles. The topological polar surface area (TPSA) is 38.9 Å². The molecule has 0 amide bonds. The summed E-state index contributed by atoms with van der Waals surface area (Å²) < 4.78 is 18.5. The Hall–Kier alpha value is -1.66. The molecule has 102 valence electrons. The minimum Gasteiger partial charge on any atom is -0.419 e. The molecule has 3 rings (SSSR count). The summed E-state index contributed by atoms with van der Waals surface area (Å²) in [5.41, 5.74) is 0. The molecular formula is C14H11FN2OS2. The Bertz CT molecular complexity index is 680. The quantitative estimate of drug-likeness (QED) is 0.650. The second-order valence-corrected chi connectivity index (χ2v) is 6.50. The van der Waals surface area contributed by atoms with Crippen molar-refractivity contribution in [3.63, 3.8) is 0 Å². The maximum absolute atomic E-state index is 12.9. The van der Waals surface area contributed by atoms with E-state index in [0.29, 0.717) is 11.8 Å². The zero-order chi connectivity index (χ0) is 13.9. The summed E-state index contributed by atoms with van der Waals surface area (Å²) in [7, 11) is 0. The smallest absolute Gasteiger partial charge is 0.257 e. The van der Waals surface area contributed by atoms with E-state index >= 15 is 0 Å². The van der Waals surface area contributed by atoms with Crippen LogP contribution in [-0.4, -0.2) is 10.2 Å². The van der Waals surface area contributed by atoms with Gasteiger partial charge in [-0.1, -0.05) is 6.07 Å². The molecule has 20 heavy (non-hydrogen) atoms. The molecule has 3 nitrogen and oxygen atoms in total. The van der Waals surface area contributed by atoms with Crippen LogP contribution < -0.4 is 0 Å². The van der Waals surface area contributed by atoms with Crippen LogP contribution >= 0.6 is 23.1 Å². The van der Waals surface area contributed by atoms with Crippen molar-refractivity contribution in [1.29, 1.82) is 0 Å².